The first-order chi connectivity index (χ1) is 6.77. The van der Waals surface area contributed by atoms with E-state index in [0.29, 0.717) is 16.5 Å². The van der Waals surface area contributed by atoms with Gasteiger partial charge in [0.25, 0.3) is 0 Å². The number of hydrogen-bond acceptors (Lipinski definition) is 4. The Hall–Kier alpha value is -1.07. The van der Waals surface area contributed by atoms with Gasteiger partial charge >= 0.3 is 0 Å². The summed E-state index contributed by atoms with van der Waals surface area (Å²) in [6, 6.07) is 0. The number of hydrogen-bond donors (Lipinski definition) is 0. The van der Waals surface area contributed by atoms with E-state index in [1.807, 2.05) is 0 Å². The third-order valence-corrected chi connectivity index (χ3v) is 2.18. The van der Waals surface area contributed by atoms with Gasteiger partial charge in [-0.1, -0.05) is 11.6 Å². The molecule has 4 nitrogen and oxygen atoms in total. The van der Waals surface area contributed by atoms with Crippen LogP contribution in [0.4, 0.5) is 0 Å². The van der Waals surface area contributed by atoms with Crippen LogP contribution in [0.1, 0.15) is 0 Å². The molecule has 0 aliphatic heterocycles. The molecule has 1 radical (unpaired) electrons. The van der Waals surface area contributed by atoms with Crippen LogP contribution in [0.25, 0.3) is 11.4 Å². The Morgan fingerprint density at radius 3 is 2.57 bits per heavy atom. The molecule has 2 aromatic rings. The molecule has 0 saturated carbocycles. The molecule has 2 aromatic heterocycles. The summed E-state index contributed by atoms with van der Waals surface area (Å²) in [4.78, 5) is 15.6. The second-order valence-corrected chi connectivity index (χ2v) is 3.67. The van der Waals surface area contributed by atoms with Crippen molar-refractivity contribution in [3.05, 3.63) is 34.5 Å². The lowest BCUT2D eigenvalue weighted by Gasteiger charge is -1.99. The highest BCUT2D eigenvalue weighted by Gasteiger charge is 2.06. The van der Waals surface area contributed by atoms with Crippen molar-refractivity contribution in [1.29, 1.82) is 0 Å². The quantitative estimate of drug-likeness (QED) is 0.745. The maximum atomic E-state index is 5.82. The lowest BCUT2D eigenvalue weighted by Crippen LogP contribution is -1.91. The number of nitrogens with zero attached hydrogens (tertiary/aromatic N) is 4. The molecule has 0 amide bonds. The molecule has 0 atom stereocenters. The van der Waals surface area contributed by atoms with Crippen LogP contribution >= 0.6 is 27.5 Å². The van der Waals surface area contributed by atoms with Crippen LogP contribution in [-0.2, 0) is 0 Å². The van der Waals surface area contributed by atoms with E-state index in [-0.39, 0.29) is 0 Å². The van der Waals surface area contributed by atoms with Crippen molar-refractivity contribution in [2.24, 2.45) is 0 Å². The van der Waals surface area contributed by atoms with E-state index < -0.39 is 0 Å². The molecule has 6 heteroatoms. The van der Waals surface area contributed by atoms with Gasteiger partial charge in [0.2, 0.25) is 0 Å². The minimum absolute atomic E-state index is 0.294. The Balaban J connectivity index is 2.50. The molecule has 0 aliphatic rings. The molecular weight excluding hydrogens is 267 g/mol. The molecule has 0 unspecified atom stereocenters. The molecule has 14 heavy (non-hydrogen) atoms. The van der Waals surface area contributed by atoms with Crippen LogP contribution in [0, 0.1) is 6.33 Å². The molecule has 0 bridgehead atoms. The molecule has 2 rings (SSSR count). The number of aromatic nitrogens is 4. The standard InChI is InChI=1S/C8H3BrClN4/c9-5-1-12-8(13-2-5)6-3-11-4-14-7(6)10/h1-3H. The van der Waals surface area contributed by atoms with E-state index in [0.717, 1.165) is 4.47 Å². The molecule has 0 aromatic carbocycles. The Morgan fingerprint density at radius 1 is 1.21 bits per heavy atom. The molecule has 0 N–H and O–H groups in total. The predicted molar refractivity (Wildman–Crippen MR) is 54.6 cm³/mol. The third-order valence-electron chi connectivity index (χ3n) is 1.48. The Labute approximate surface area is 93.5 Å². The van der Waals surface area contributed by atoms with E-state index >= 15 is 0 Å². The van der Waals surface area contributed by atoms with Gasteiger partial charge in [0.1, 0.15) is 5.15 Å². The van der Waals surface area contributed by atoms with Crippen LogP contribution in [0.2, 0.25) is 5.15 Å². The van der Waals surface area contributed by atoms with E-state index in [1.54, 1.807) is 12.4 Å². The summed E-state index contributed by atoms with van der Waals surface area (Å²) in [6.45, 7) is 0. The Morgan fingerprint density at radius 2 is 1.93 bits per heavy atom. The van der Waals surface area contributed by atoms with E-state index in [2.05, 4.69) is 42.2 Å². The highest BCUT2D eigenvalue weighted by atomic mass is 79.9. The lowest BCUT2D eigenvalue weighted by atomic mass is 10.3. The topological polar surface area (TPSA) is 51.6 Å². The van der Waals surface area contributed by atoms with Crippen molar-refractivity contribution in [2.45, 2.75) is 0 Å². The first-order valence-corrected chi connectivity index (χ1v) is 4.81. The van der Waals surface area contributed by atoms with Gasteiger partial charge in [-0.15, -0.1) is 0 Å². The third kappa shape index (κ3) is 1.88. The summed E-state index contributed by atoms with van der Waals surface area (Å²) < 4.78 is 0.806. The van der Waals surface area contributed by atoms with E-state index in [9.17, 15) is 0 Å². The van der Waals surface area contributed by atoms with Gasteiger partial charge in [-0.05, 0) is 15.9 Å². The molecule has 2 heterocycles. The normalized spacial score (nSPS) is 10.1. The van der Waals surface area contributed by atoms with Gasteiger partial charge < -0.3 is 0 Å². The van der Waals surface area contributed by atoms with Gasteiger partial charge in [-0.3, -0.25) is 0 Å². The van der Waals surface area contributed by atoms with Gasteiger partial charge in [0.05, 0.1) is 10.0 Å². The maximum absolute atomic E-state index is 5.82. The minimum atomic E-state index is 0.294. The zero-order valence-electron chi connectivity index (χ0n) is 6.78. The maximum Gasteiger partial charge on any atom is 0.199 e. The van der Waals surface area contributed by atoms with Crippen molar-refractivity contribution in [3.63, 3.8) is 0 Å². The molecule has 0 spiro atoms. The van der Waals surface area contributed by atoms with Crippen molar-refractivity contribution in [3.8, 4) is 11.4 Å². The van der Waals surface area contributed by atoms with Gasteiger partial charge in [-0.2, -0.15) is 0 Å². The number of rotatable bonds is 1. The first kappa shape index (κ1) is 9.48. The van der Waals surface area contributed by atoms with Crippen molar-refractivity contribution in [1.82, 2.24) is 19.9 Å². The summed E-state index contributed by atoms with van der Waals surface area (Å²) >= 11 is 9.07. The highest BCUT2D eigenvalue weighted by molar-refractivity contribution is 9.10. The lowest BCUT2D eigenvalue weighted by molar-refractivity contribution is 1.10. The highest BCUT2D eigenvalue weighted by Crippen LogP contribution is 2.21. The molecular formula is C8H3BrClN4. The summed E-state index contributed by atoms with van der Waals surface area (Å²) in [5.41, 5.74) is 0.595. The fraction of sp³-hybridized carbons (Fsp3) is 0. The molecule has 0 aliphatic carbocycles. The smallest absolute Gasteiger partial charge is 0.199 e. The van der Waals surface area contributed by atoms with Crippen LogP contribution in [0.5, 0.6) is 0 Å². The Bertz CT molecular complexity index is 445. The average Bonchev–Trinajstić information content (AvgIpc) is 2.20. The van der Waals surface area contributed by atoms with Crippen LogP contribution in [0.3, 0.4) is 0 Å². The summed E-state index contributed by atoms with van der Waals surface area (Å²) in [6.07, 6.45) is 7.18. The van der Waals surface area contributed by atoms with E-state index in [4.69, 9.17) is 11.6 Å². The second-order valence-electron chi connectivity index (χ2n) is 2.40. The van der Waals surface area contributed by atoms with Gasteiger partial charge in [-0.25, -0.2) is 19.9 Å². The van der Waals surface area contributed by atoms with Crippen LogP contribution in [-0.4, -0.2) is 19.9 Å². The van der Waals surface area contributed by atoms with Crippen molar-refractivity contribution >= 4 is 27.5 Å². The van der Waals surface area contributed by atoms with Crippen LogP contribution in [0.15, 0.2) is 23.1 Å². The fourth-order valence-corrected chi connectivity index (χ4v) is 1.26. The SMILES string of the molecule is Clc1n[c]ncc1-c1ncc(Br)cn1. The van der Waals surface area contributed by atoms with Gasteiger partial charge in [0, 0.05) is 18.6 Å². The van der Waals surface area contributed by atoms with Crippen molar-refractivity contribution in [2.75, 3.05) is 0 Å². The molecule has 0 saturated heterocycles. The largest absolute Gasteiger partial charge is 0.235 e. The van der Waals surface area contributed by atoms with E-state index in [1.165, 1.54) is 6.20 Å². The first-order valence-electron chi connectivity index (χ1n) is 3.64. The monoisotopic (exact) mass is 269 g/mol. The number of halogens is 2. The zero-order valence-corrected chi connectivity index (χ0v) is 9.12. The molecule has 0 fully saturated rings. The Kier molecular flexibility index (Phi) is 2.69. The predicted octanol–water partition coefficient (Wildman–Crippen LogP) is 2.15. The van der Waals surface area contributed by atoms with Gasteiger partial charge in [0.15, 0.2) is 12.2 Å². The summed E-state index contributed by atoms with van der Waals surface area (Å²) in [7, 11) is 0. The molecule has 69 valence electrons. The minimum Gasteiger partial charge on any atom is -0.235 e. The van der Waals surface area contributed by atoms with Crippen LogP contribution < -0.4 is 0 Å². The fourth-order valence-electron chi connectivity index (χ4n) is 0.881. The van der Waals surface area contributed by atoms with Crippen molar-refractivity contribution < 1.29 is 0 Å². The average molecular weight is 270 g/mol. The second kappa shape index (κ2) is 3.98. The summed E-state index contributed by atoms with van der Waals surface area (Å²) in [5, 5.41) is 0.294. The summed E-state index contributed by atoms with van der Waals surface area (Å²) in [5.74, 6) is 0.493. The zero-order chi connectivity index (χ0) is 9.97.